The van der Waals surface area contributed by atoms with Gasteiger partial charge in [0, 0.05) is 0 Å². The van der Waals surface area contributed by atoms with Gasteiger partial charge in [-0.3, -0.25) is 9.59 Å². The molecule has 0 heterocycles. The van der Waals surface area contributed by atoms with Crippen LogP contribution in [0.3, 0.4) is 0 Å². The molecule has 0 N–H and O–H groups in total. The van der Waals surface area contributed by atoms with Gasteiger partial charge in [0.25, 0.3) is 0 Å². The fourth-order valence-corrected chi connectivity index (χ4v) is 2.28. The SMILES string of the molecule is COC(=O)C(CC=C=C(C)C)(C/C=C/c1ccccc1)C(=O)OC. The van der Waals surface area contributed by atoms with Crippen molar-refractivity contribution in [1.29, 1.82) is 0 Å². The molecule has 1 rings (SSSR count). The van der Waals surface area contributed by atoms with E-state index in [0.717, 1.165) is 11.1 Å². The molecule has 0 aromatic heterocycles. The third-order valence-corrected chi connectivity index (χ3v) is 3.57. The zero-order valence-electron chi connectivity index (χ0n) is 14.7. The van der Waals surface area contributed by atoms with Gasteiger partial charge >= 0.3 is 11.9 Å². The van der Waals surface area contributed by atoms with Crippen LogP contribution in [0.2, 0.25) is 0 Å². The van der Waals surface area contributed by atoms with E-state index in [9.17, 15) is 9.59 Å². The van der Waals surface area contributed by atoms with E-state index in [0.29, 0.717) is 0 Å². The van der Waals surface area contributed by atoms with E-state index >= 15 is 0 Å². The van der Waals surface area contributed by atoms with Crippen molar-refractivity contribution < 1.29 is 19.1 Å². The molecule has 1 aromatic carbocycles. The number of benzene rings is 1. The summed E-state index contributed by atoms with van der Waals surface area (Å²) in [6.07, 6.45) is 5.68. The van der Waals surface area contributed by atoms with Crippen molar-refractivity contribution >= 4 is 18.0 Å². The monoisotopic (exact) mass is 328 g/mol. The molecule has 0 aliphatic carbocycles. The van der Waals surface area contributed by atoms with Gasteiger partial charge in [-0.2, -0.15) is 0 Å². The number of carbonyl (C=O) groups excluding carboxylic acids is 2. The van der Waals surface area contributed by atoms with Crippen LogP contribution in [0.4, 0.5) is 0 Å². The number of esters is 2. The first-order valence-corrected chi connectivity index (χ1v) is 7.73. The molecule has 0 saturated heterocycles. The lowest BCUT2D eigenvalue weighted by molar-refractivity contribution is -0.168. The minimum Gasteiger partial charge on any atom is -0.468 e. The molecule has 0 spiro atoms. The van der Waals surface area contributed by atoms with Gasteiger partial charge in [0.15, 0.2) is 5.41 Å². The van der Waals surface area contributed by atoms with Crippen LogP contribution >= 0.6 is 0 Å². The van der Waals surface area contributed by atoms with Gasteiger partial charge in [0.2, 0.25) is 0 Å². The van der Waals surface area contributed by atoms with Crippen LogP contribution in [-0.2, 0) is 19.1 Å². The van der Waals surface area contributed by atoms with E-state index in [2.05, 4.69) is 5.73 Å². The Morgan fingerprint density at radius 1 is 1.04 bits per heavy atom. The number of hydrogen-bond acceptors (Lipinski definition) is 4. The Morgan fingerprint density at radius 3 is 2.12 bits per heavy atom. The summed E-state index contributed by atoms with van der Waals surface area (Å²) >= 11 is 0. The Hall–Kier alpha value is -2.58. The summed E-state index contributed by atoms with van der Waals surface area (Å²) in [6.45, 7) is 3.79. The smallest absolute Gasteiger partial charge is 0.323 e. The zero-order valence-corrected chi connectivity index (χ0v) is 14.7. The fraction of sp³-hybridized carbons (Fsp3) is 0.350. The highest BCUT2D eigenvalue weighted by Crippen LogP contribution is 2.32. The molecule has 0 unspecified atom stereocenters. The van der Waals surface area contributed by atoms with E-state index < -0.39 is 17.4 Å². The Bertz CT molecular complexity index is 629. The minimum atomic E-state index is -1.41. The van der Waals surface area contributed by atoms with Crippen LogP contribution in [0, 0.1) is 5.41 Å². The molecule has 4 nitrogen and oxygen atoms in total. The maximum Gasteiger partial charge on any atom is 0.323 e. The molecule has 128 valence electrons. The number of ether oxygens (including phenoxy) is 2. The lowest BCUT2D eigenvalue weighted by Crippen LogP contribution is -2.40. The van der Waals surface area contributed by atoms with Crippen LogP contribution in [0.25, 0.3) is 6.08 Å². The molecule has 0 saturated carbocycles. The average Bonchev–Trinajstić information content (AvgIpc) is 2.59. The van der Waals surface area contributed by atoms with Crippen molar-refractivity contribution in [2.75, 3.05) is 14.2 Å². The molecule has 0 radical (unpaired) electrons. The summed E-state index contributed by atoms with van der Waals surface area (Å²) in [5, 5.41) is 0. The van der Waals surface area contributed by atoms with Crippen molar-refractivity contribution in [3.63, 3.8) is 0 Å². The predicted molar refractivity (Wildman–Crippen MR) is 94.1 cm³/mol. The van der Waals surface area contributed by atoms with Crippen LogP contribution < -0.4 is 0 Å². The first-order chi connectivity index (χ1) is 11.5. The average molecular weight is 328 g/mol. The van der Waals surface area contributed by atoms with E-state index in [1.165, 1.54) is 14.2 Å². The minimum absolute atomic E-state index is 0.163. The molecule has 24 heavy (non-hydrogen) atoms. The van der Waals surface area contributed by atoms with Crippen molar-refractivity contribution in [2.45, 2.75) is 26.7 Å². The van der Waals surface area contributed by atoms with Gasteiger partial charge in [-0.1, -0.05) is 42.5 Å². The third-order valence-electron chi connectivity index (χ3n) is 3.57. The summed E-state index contributed by atoms with van der Waals surface area (Å²) in [4.78, 5) is 24.7. The number of hydrogen-bond donors (Lipinski definition) is 0. The molecule has 0 bridgehead atoms. The highest BCUT2D eigenvalue weighted by Gasteiger charge is 2.46. The topological polar surface area (TPSA) is 52.6 Å². The Kier molecular flexibility index (Phi) is 7.73. The van der Waals surface area contributed by atoms with Gasteiger partial charge < -0.3 is 9.47 Å². The largest absolute Gasteiger partial charge is 0.468 e. The number of allylic oxidation sites excluding steroid dienone is 2. The van der Waals surface area contributed by atoms with Gasteiger partial charge in [-0.05, 0) is 43.9 Å². The Balaban J connectivity index is 3.14. The maximum atomic E-state index is 12.3. The summed E-state index contributed by atoms with van der Waals surface area (Å²) in [5.74, 6) is -1.22. The molecule has 1 aromatic rings. The second-order valence-electron chi connectivity index (χ2n) is 5.64. The van der Waals surface area contributed by atoms with Crippen molar-refractivity contribution in [3.05, 3.63) is 59.4 Å². The zero-order chi connectivity index (χ0) is 18.0. The van der Waals surface area contributed by atoms with E-state index in [1.807, 2.05) is 50.3 Å². The molecule has 0 aliphatic rings. The molecule has 0 atom stereocenters. The van der Waals surface area contributed by atoms with Crippen molar-refractivity contribution in [1.82, 2.24) is 0 Å². The highest BCUT2D eigenvalue weighted by molar-refractivity contribution is 6.00. The maximum absolute atomic E-state index is 12.3. The quantitative estimate of drug-likeness (QED) is 0.432. The normalized spacial score (nSPS) is 10.8. The van der Waals surface area contributed by atoms with Gasteiger partial charge in [-0.25, -0.2) is 0 Å². The molecule has 0 fully saturated rings. The van der Waals surface area contributed by atoms with Gasteiger partial charge in [-0.15, -0.1) is 5.73 Å². The first kappa shape index (κ1) is 19.5. The van der Waals surface area contributed by atoms with E-state index in [4.69, 9.17) is 9.47 Å². The lowest BCUT2D eigenvalue weighted by Gasteiger charge is -2.25. The molecule has 0 aliphatic heterocycles. The standard InChI is InChI=1S/C20H24O4/c1-16(2)10-8-14-20(18(21)23-3,19(22)24-4)15-9-13-17-11-6-5-7-12-17/h5-9,11-13H,14-15H2,1-4H3/b13-9+. The van der Waals surface area contributed by atoms with Crippen molar-refractivity contribution in [2.24, 2.45) is 5.41 Å². The number of carbonyl (C=O) groups is 2. The molecular weight excluding hydrogens is 304 g/mol. The summed E-state index contributed by atoms with van der Waals surface area (Å²) in [6, 6.07) is 9.65. The van der Waals surface area contributed by atoms with Gasteiger partial charge in [0.05, 0.1) is 14.2 Å². The Labute approximate surface area is 143 Å². The van der Waals surface area contributed by atoms with Crippen LogP contribution in [0.15, 0.2) is 53.8 Å². The third kappa shape index (κ3) is 5.25. The number of rotatable bonds is 7. The van der Waals surface area contributed by atoms with Gasteiger partial charge in [0.1, 0.15) is 0 Å². The Morgan fingerprint density at radius 2 is 1.62 bits per heavy atom. The second-order valence-corrected chi connectivity index (χ2v) is 5.64. The van der Waals surface area contributed by atoms with Crippen molar-refractivity contribution in [3.8, 4) is 0 Å². The van der Waals surface area contributed by atoms with Crippen LogP contribution in [-0.4, -0.2) is 26.2 Å². The second kappa shape index (κ2) is 9.53. The molecular formula is C20H24O4. The number of methoxy groups -OCH3 is 2. The molecule has 4 heteroatoms. The van der Waals surface area contributed by atoms with Crippen LogP contribution in [0.1, 0.15) is 32.3 Å². The van der Waals surface area contributed by atoms with E-state index in [-0.39, 0.29) is 12.8 Å². The summed E-state index contributed by atoms with van der Waals surface area (Å²) in [5.41, 5.74) is 3.56. The summed E-state index contributed by atoms with van der Waals surface area (Å²) < 4.78 is 9.74. The van der Waals surface area contributed by atoms with E-state index in [1.54, 1.807) is 12.2 Å². The fourth-order valence-electron chi connectivity index (χ4n) is 2.28. The lowest BCUT2D eigenvalue weighted by atomic mass is 9.80. The highest BCUT2D eigenvalue weighted by atomic mass is 16.5. The first-order valence-electron chi connectivity index (χ1n) is 7.73. The summed E-state index contributed by atoms with van der Waals surface area (Å²) in [7, 11) is 2.54. The predicted octanol–water partition coefficient (Wildman–Crippen LogP) is 3.93. The molecule has 0 amide bonds. The van der Waals surface area contributed by atoms with Crippen LogP contribution in [0.5, 0.6) is 0 Å².